The van der Waals surface area contributed by atoms with Crippen molar-refractivity contribution in [2.75, 3.05) is 5.75 Å². The average Bonchev–Trinajstić information content (AvgIpc) is 2.66. The topological polar surface area (TPSA) is 55.1 Å². The Hall–Kier alpha value is -0.970. The highest BCUT2D eigenvalue weighted by molar-refractivity contribution is 7.99. The molecule has 0 atom stereocenters. The summed E-state index contributed by atoms with van der Waals surface area (Å²) in [5.41, 5.74) is 1.58. The van der Waals surface area contributed by atoms with Gasteiger partial charge in [-0.25, -0.2) is 4.98 Å². The predicted octanol–water partition coefficient (Wildman–Crippen LogP) is 2.81. The number of imidazole rings is 1. The molecule has 1 aromatic heterocycles. The van der Waals surface area contributed by atoms with Crippen LogP contribution in [0.3, 0.4) is 0 Å². The maximum absolute atomic E-state index is 10.7. The van der Waals surface area contributed by atoms with Gasteiger partial charge in [-0.1, -0.05) is 32.0 Å². The SMILES string of the molecule is CCc1cnc(SCC(=O)O)n1CC1(C)CCC1. The molecule has 1 heterocycles. The number of nitrogens with zero attached hydrogens (tertiary/aromatic N) is 2. The molecule has 0 aliphatic heterocycles. The summed E-state index contributed by atoms with van der Waals surface area (Å²) in [5.74, 6) is -0.709. The first-order chi connectivity index (χ1) is 8.54. The lowest BCUT2D eigenvalue weighted by Crippen LogP contribution is -2.31. The molecule has 0 unspecified atom stereocenters. The summed E-state index contributed by atoms with van der Waals surface area (Å²) < 4.78 is 2.22. The monoisotopic (exact) mass is 268 g/mol. The van der Waals surface area contributed by atoms with E-state index in [4.69, 9.17) is 5.11 Å². The van der Waals surface area contributed by atoms with Crippen molar-refractivity contribution < 1.29 is 9.90 Å². The Morgan fingerprint density at radius 3 is 2.83 bits per heavy atom. The van der Waals surface area contributed by atoms with E-state index in [-0.39, 0.29) is 5.75 Å². The first-order valence-electron chi connectivity index (χ1n) is 6.43. The summed E-state index contributed by atoms with van der Waals surface area (Å²) in [6.45, 7) is 5.39. The summed E-state index contributed by atoms with van der Waals surface area (Å²) in [4.78, 5) is 15.0. The molecule has 1 fully saturated rings. The lowest BCUT2D eigenvalue weighted by Gasteiger charge is -2.39. The van der Waals surface area contributed by atoms with Gasteiger partial charge in [0.1, 0.15) is 0 Å². The Morgan fingerprint density at radius 1 is 1.61 bits per heavy atom. The fraction of sp³-hybridized carbons (Fsp3) is 0.692. The molecule has 0 amide bonds. The quantitative estimate of drug-likeness (QED) is 0.806. The zero-order valence-electron chi connectivity index (χ0n) is 11.0. The van der Waals surface area contributed by atoms with E-state index in [2.05, 4.69) is 23.4 Å². The van der Waals surface area contributed by atoms with Gasteiger partial charge in [-0.2, -0.15) is 0 Å². The number of aryl methyl sites for hydroxylation is 1. The van der Waals surface area contributed by atoms with Crippen LogP contribution in [0.15, 0.2) is 11.4 Å². The Kier molecular flexibility index (Phi) is 4.00. The summed E-state index contributed by atoms with van der Waals surface area (Å²) >= 11 is 1.32. The van der Waals surface area contributed by atoms with Gasteiger partial charge in [0, 0.05) is 18.4 Å². The zero-order chi connectivity index (χ0) is 13.2. The number of aliphatic carboxylic acids is 1. The number of carboxylic acid groups (broad SMARTS) is 1. The summed E-state index contributed by atoms with van der Waals surface area (Å²) in [6, 6.07) is 0. The third-order valence-electron chi connectivity index (χ3n) is 3.69. The van der Waals surface area contributed by atoms with Crippen molar-refractivity contribution in [1.29, 1.82) is 0 Å². The molecule has 1 aromatic rings. The van der Waals surface area contributed by atoms with Crippen LogP contribution in [-0.4, -0.2) is 26.4 Å². The maximum atomic E-state index is 10.7. The molecule has 0 saturated heterocycles. The molecule has 18 heavy (non-hydrogen) atoms. The van der Waals surface area contributed by atoms with Crippen LogP contribution in [0.2, 0.25) is 0 Å². The van der Waals surface area contributed by atoms with Crippen molar-refractivity contribution in [3.05, 3.63) is 11.9 Å². The number of thioether (sulfide) groups is 1. The fourth-order valence-corrected chi connectivity index (χ4v) is 3.12. The highest BCUT2D eigenvalue weighted by Gasteiger charge is 2.33. The molecule has 0 bridgehead atoms. The maximum Gasteiger partial charge on any atom is 0.313 e. The summed E-state index contributed by atoms with van der Waals surface area (Å²) in [5, 5.41) is 9.61. The standard InChI is InChI=1S/C13H20N2O2S/c1-3-10-7-14-12(18-8-11(16)17)15(10)9-13(2)5-4-6-13/h7H,3-6,8-9H2,1-2H3,(H,16,17). The number of hydrogen-bond donors (Lipinski definition) is 1. The second-order valence-corrected chi connectivity index (χ2v) is 6.26. The van der Waals surface area contributed by atoms with Crippen LogP contribution < -0.4 is 0 Å². The van der Waals surface area contributed by atoms with Crippen LogP contribution in [0.25, 0.3) is 0 Å². The second kappa shape index (κ2) is 5.34. The molecule has 1 aliphatic carbocycles. The highest BCUT2D eigenvalue weighted by Crippen LogP contribution is 2.42. The third-order valence-corrected chi connectivity index (χ3v) is 4.66. The van der Waals surface area contributed by atoms with Gasteiger partial charge in [0.05, 0.1) is 5.75 Å². The van der Waals surface area contributed by atoms with Gasteiger partial charge in [-0.05, 0) is 24.7 Å². The van der Waals surface area contributed by atoms with E-state index in [0.717, 1.165) is 18.1 Å². The average molecular weight is 268 g/mol. The van der Waals surface area contributed by atoms with E-state index in [9.17, 15) is 4.79 Å². The van der Waals surface area contributed by atoms with Gasteiger partial charge in [0.25, 0.3) is 0 Å². The van der Waals surface area contributed by atoms with Crippen LogP contribution in [0.5, 0.6) is 0 Å². The van der Waals surface area contributed by atoms with Gasteiger partial charge in [0.15, 0.2) is 5.16 Å². The van der Waals surface area contributed by atoms with Crippen LogP contribution >= 0.6 is 11.8 Å². The molecular formula is C13H20N2O2S. The summed E-state index contributed by atoms with van der Waals surface area (Å²) in [6.07, 6.45) is 6.65. The van der Waals surface area contributed by atoms with Crippen molar-refractivity contribution in [3.63, 3.8) is 0 Å². The minimum atomic E-state index is -0.789. The molecule has 100 valence electrons. The first-order valence-corrected chi connectivity index (χ1v) is 7.41. The van der Waals surface area contributed by atoms with E-state index in [1.807, 2.05) is 6.20 Å². The Bertz CT molecular complexity index is 438. The Morgan fingerprint density at radius 2 is 2.33 bits per heavy atom. The second-order valence-electron chi connectivity index (χ2n) is 5.32. The highest BCUT2D eigenvalue weighted by atomic mass is 32.2. The van der Waals surface area contributed by atoms with Crippen molar-refractivity contribution in [3.8, 4) is 0 Å². The number of carbonyl (C=O) groups is 1. The van der Waals surface area contributed by atoms with Crippen molar-refractivity contribution in [2.45, 2.75) is 51.2 Å². The molecule has 0 spiro atoms. The molecule has 5 heteroatoms. The zero-order valence-corrected chi connectivity index (χ0v) is 11.8. The van der Waals surface area contributed by atoms with E-state index in [1.165, 1.54) is 36.7 Å². The lowest BCUT2D eigenvalue weighted by molar-refractivity contribution is -0.133. The molecule has 4 nitrogen and oxygen atoms in total. The first kappa shape index (κ1) is 13.5. The van der Waals surface area contributed by atoms with E-state index >= 15 is 0 Å². The van der Waals surface area contributed by atoms with Crippen molar-refractivity contribution in [1.82, 2.24) is 9.55 Å². The Labute approximate surface area is 112 Å². The van der Waals surface area contributed by atoms with Gasteiger partial charge in [-0.15, -0.1) is 0 Å². The van der Waals surface area contributed by atoms with Crippen molar-refractivity contribution in [2.24, 2.45) is 5.41 Å². The minimum Gasteiger partial charge on any atom is -0.481 e. The molecular weight excluding hydrogens is 248 g/mol. The number of rotatable bonds is 6. The van der Waals surface area contributed by atoms with Crippen LogP contribution in [-0.2, 0) is 17.8 Å². The van der Waals surface area contributed by atoms with Crippen molar-refractivity contribution >= 4 is 17.7 Å². The smallest absolute Gasteiger partial charge is 0.313 e. The fourth-order valence-electron chi connectivity index (χ4n) is 2.40. The predicted molar refractivity (Wildman–Crippen MR) is 71.9 cm³/mol. The molecule has 0 radical (unpaired) electrons. The van der Waals surface area contributed by atoms with E-state index in [1.54, 1.807) is 0 Å². The molecule has 1 aliphatic rings. The van der Waals surface area contributed by atoms with Crippen LogP contribution in [0.1, 0.15) is 38.8 Å². The normalized spacial score (nSPS) is 17.4. The number of hydrogen-bond acceptors (Lipinski definition) is 3. The van der Waals surface area contributed by atoms with Gasteiger partial charge in [-0.3, -0.25) is 4.79 Å². The largest absolute Gasteiger partial charge is 0.481 e. The van der Waals surface area contributed by atoms with Crippen LogP contribution in [0, 0.1) is 5.41 Å². The summed E-state index contributed by atoms with van der Waals surface area (Å²) in [7, 11) is 0. The minimum absolute atomic E-state index is 0.0802. The van der Waals surface area contributed by atoms with E-state index < -0.39 is 5.97 Å². The number of aromatic nitrogens is 2. The lowest BCUT2D eigenvalue weighted by atomic mass is 9.70. The molecule has 1 N–H and O–H groups in total. The van der Waals surface area contributed by atoms with Gasteiger partial charge < -0.3 is 9.67 Å². The third kappa shape index (κ3) is 2.88. The van der Waals surface area contributed by atoms with Crippen LogP contribution in [0.4, 0.5) is 0 Å². The molecule has 1 saturated carbocycles. The number of carboxylic acids is 1. The van der Waals surface area contributed by atoms with Gasteiger partial charge in [0.2, 0.25) is 0 Å². The Balaban J connectivity index is 2.13. The molecule has 0 aromatic carbocycles. The van der Waals surface area contributed by atoms with E-state index in [0.29, 0.717) is 5.41 Å². The molecule has 2 rings (SSSR count). The van der Waals surface area contributed by atoms with Gasteiger partial charge >= 0.3 is 5.97 Å².